The van der Waals surface area contributed by atoms with Crippen LogP contribution in [0.4, 0.5) is 36.4 Å². The lowest BCUT2D eigenvalue weighted by Crippen LogP contribution is -2.43. The molecule has 1 amide bonds. The van der Waals surface area contributed by atoms with Crippen LogP contribution >= 0.6 is 0 Å². The van der Waals surface area contributed by atoms with Crippen LogP contribution in [0.5, 0.6) is 5.75 Å². The van der Waals surface area contributed by atoms with Crippen LogP contribution in [0.15, 0.2) is 41.3 Å². The van der Waals surface area contributed by atoms with Gasteiger partial charge in [0.1, 0.15) is 16.5 Å². The highest BCUT2D eigenvalue weighted by atomic mass is 32.2. The first-order chi connectivity index (χ1) is 16.1. The number of nitrogens with one attached hydrogen (secondary N) is 1. The molecule has 2 aromatic carbocycles. The van der Waals surface area contributed by atoms with E-state index in [0.717, 1.165) is 22.5 Å². The van der Waals surface area contributed by atoms with E-state index in [-0.39, 0.29) is 31.2 Å². The van der Waals surface area contributed by atoms with Crippen molar-refractivity contribution >= 4 is 21.6 Å². The van der Waals surface area contributed by atoms with E-state index in [1.807, 2.05) is 5.32 Å². The minimum absolute atomic E-state index is 0.0342. The van der Waals surface area contributed by atoms with Crippen LogP contribution in [0.1, 0.15) is 24.0 Å². The lowest BCUT2D eigenvalue weighted by atomic mass is 9.98. The van der Waals surface area contributed by atoms with Crippen LogP contribution in [-0.4, -0.2) is 38.8 Å². The monoisotopic (exact) mass is 528 g/mol. The first kappa shape index (κ1) is 26.7. The van der Waals surface area contributed by atoms with E-state index in [0.29, 0.717) is 12.1 Å². The van der Waals surface area contributed by atoms with E-state index >= 15 is 0 Å². The molecule has 0 spiro atoms. The van der Waals surface area contributed by atoms with Crippen molar-refractivity contribution < 1.29 is 48.7 Å². The molecule has 1 atom stereocenters. The van der Waals surface area contributed by atoms with E-state index in [2.05, 4.69) is 0 Å². The maximum atomic E-state index is 13.7. The first-order valence-electron chi connectivity index (χ1n) is 10.1. The Morgan fingerprint density at radius 2 is 1.63 bits per heavy atom. The number of rotatable bonds is 5. The molecule has 0 saturated carbocycles. The summed E-state index contributed by atoms with van der Waals surface area (Å²) in [6.45, 7) is -0.452. The summed E-state index contributed by atoms with van der Waals surface area (Å²) in [5, 5.41) is 2.03. The van der Waals surface area contributed by atoms with Crippen molar-refractivity contribution in [2.75, 3.05) is 25.5 Å². The number of hydrogen-bond donors (Lipinski definition) is 1. The Balaban J connectivity index is 1.85. The van der Waals surface area contributed by atoms with Gasteiger partial charge in [-0.15, -0.1) is 0 Å². The van der Waals surface area contributed by atoms with Crippen LogP contribution in [0, 0.1) is 11.7 Å². The number of methoxy groups -OCH3 is 1. The lowest BCUT2D eigenvalue weighted by molar-refractivity contribution is -0.143. The second kappa shape index (κ2) is 9.64. The number of sulfonamides is 1. The van der Waals surface area contributed by atoms with Gasteiger partial charge in [0.15, 0.2) is 0 Å². The Kier molecular flexibility index (Phi) is 7.37. The number of piperidine rings is 1. The Bertz CT molecular complexity index is 1180. The summed E-state index contributed by atoms with van der Waals surface area (Å²) >= 11 is 0. The molecule has 0 aromatic heterocycles. The van der Waals surface area contributed by atoms with Gasteiger partial charge in [0.05, 0.1) is 24.2 Å². The zero-order chi connectivity index (χ0) is 26.2. The Morgan fingerprint density at radius 3 is 2.17 bits per heavy atom. The van der Waals surface area contributed by atoms with Crippen molar-refractivity contribution in [2.24, 2.45) is 5.92 Å². The van der Waals surface area contributed by atoms with Crippen LogP contribution in [0.25, 0.3) is 0 Å². The fourth-order valence-electron chi connectivity index (χ4n) is 3.64. The van der Waals surface area contributed by atoms with Gasteiger partial charge in [-0.05, 0) is 49.2 Å². The van der Waals surface area contributed by atoms with E-state index < -0.39 is 68.3 Å². The molecule has 1 unspecified atom stereocenters. The van der Waals surface area contributed by atoms with E-state index in [1.54, 1.807) is 0 Å². The number of carbonyl (C=O) groups is 1. The topological polar surface area (TPSA) is 75.7 Å². The van der Waals surface area contributed by atoms with Gasteiger partial charge in [0, 0.05) is 18.8 Å². The van der Waals surface area contributed by atoms with Gasteiger partial charge in [-0.3, -0.25) is 4.79 Å². The molecule has 1 aliphatic rings. The van der Waals surface area contributed by atoms with Crippen LogP contribution < -0.4 is 10.1 Å². The third-order valence-electron chi connectivity index (χ3n) is 5.35. The van der Waals surface area contributed by atoms with Crippen molar-refractivity contribution in [3.63, 3.8) is 0 Å². The molecule has 2 aromatic rings. The predicted octanol–water partition coefficient (Wildman–Crippen LogP) is 4.91. The van der Waals surface area contributed by atoms with Gasteiger partial charge in [0.2, 0.25) is 15.9 Å². The summed E-state index contributed by atoms with van der Waals surface area (Å²) in [5.74, 6) is -3.02. The third-order valence-corrected chi connectivity index (χ3v) is 7.24. The molecule has 1 N–H and O–H groups in total. The molecule has 6 nitrogen and oxygen atoms in total. The molecule has 1 heterocycles. The molecule has 0 radical (unpaired) electrons. The summed E-state index contributed by atoms with van der Waals surface area (Å²) in [4.78, 5) is 12.2. The second-order valence-corrected chi connectivity index (χ2v) is 9.69. The molecule has 0 bridgehead atoms. The summed E-state index contributed by atoms with van der Waals surface area (Å²) < 4.78 is 124. The fraction of sp³-hybridized carbons (Fsp3) is 0.381. The average Bonchev–Trinajstić information content (AvgIpc) is 2.77. The number of alkyl halides is 6. The third kappa shape index (κ3) is 6.04. The highest BCUT2D eigenvalue weighted by molar-refractivity contribution is 7.89. The Hall–Kier alpha value is -2.87. The Labute approximate surface area is 195 Å². The van der Waals surface area contributed by atoms with E-state index in [4.69, 9.17) is 4.74 Å². The minimum atomic E-state index is -5.10. The fourth-order valence-corrected chi connectivity index (χ4v) is 5.33. The largest absolute Gasteiger partial charge is 0.495 e. The molecular weight excluding hydrogens is 509 g/mol. The summed E-state index contributed by atoms with van der Waals surface area (Å²) in [7, 11) is -3.14. The van der Waals surface area contributed by atoms with Gasteiger partial charge >= 0.3 is 12.4 Å². The van der Waals surface area contributed by atoms with Crippen molar-refractivity contribution in [3.05, 3.63) is 53.3 Å². The molecule has 3 rings (SSSR count). The SMILES string of the molecule is COc1ccc(F)cc1S(=O)(=O)N1CCCC(C(=O)Nc2cc(C(F)(F)F)cc(C(F)(F)F)c2)C1. The number of ether oxygens (including phenoxy) is 1. The molecule has 1 saturated heterocycles. The number of carbonyl (C=O) groups excluding carboxylic acids is 1. The lowest BCUT2D eigenvalue weighted by Gasteiger charge is -2.31. The quantitative estimate of drug-likeness (QED) is 0.560. The number of anilines is 1. The predicted molar refractivity (Wildman–Crippen MR) is 110 cm³/mol. The van der Waals surface area contributed by atoms with Crippen molar-refractivity contribution in [3.8, 4) is 5.75 Å². The smallest absolute Gasteiger partial charge is 0.416 e. The first-order valence-corrected chi connectivity index (χ1v) is 11.5. The van der Waals surface area contributed by atoms with Crippen LogP contribution in [0.3, 0.4) is 0 Å². The van der Waals surface area contributed by atoms with Gasteiger partial charge in [-0.2, -0.15) is 30.6 Å². The molecule has 1 fully saturated rings. The number of benzene rings is 2. The molecule has 192 valence electrons. The summed E-state index contributed by atoms with van der Waals surface area (Å²) in [6.07, 6.45) is -9.89. The van der Waals surface area contributed by atoms with E-state index in [1.165, 1.54) is 7.11 Å². The zero-order valence-corrected chi connectivity index (χ0v) is 18.8. The molecule has 1 aliphatic heterocycles. The summed E-state index contributed by atoms with van der Waals surface area (Å²) in [6, 6.07) is 3.51. The number of halogens is 7. The molecule has 14 heteroatoms. The normalized spacial score (nSPS) is 17.8. The summed E-state index contributed by atoms with van der Waals surface area (Å²) in [5.41, 5.74) is -3.94. The Morgan fingerprint density at radius 1 is 1.03 bits per heavy atom. The van der Waals surface area contributed by atoms with Gasteiger partial charge in [-0.25, -0.2) is 12.8 Å². The maximum absolute atomic E-state index is 13.7. The maximum Gasteiger partial charge on any atom is 0.416 e. The number of nitrogens with zero attached hydrogens (tertiary/aromatic N) is 1. The standard InChI is InChI=1S/C21H19F7N2O4S/c1-34-17-5-4-15(22)10-18(17)35(32,33)30-6-2-3-12(11-30)19(31)29-16-8-13(20(23,24)25)7-14(9-16)21(26,27)28/h4-5,7-10,12H,2-3,6,11H2,1H3,(H,29,31). The van der Waals surface area contributed by atoms with Crippen molar-refractivity contribution in [1.82, 2.24) is 4.31 Å². The zero-order valence-electron chi connectivity index (χ0n) is 18.0. The van der Waals surface area contributed by atoms with E-state index in [9.17, 15) is 43.9 Å². The molecule has 0 aliphatic carbocycles. The van der Waals surface area contributed by atoms with Crippen molar-refractivity contribution in [2.45, 2.75) is 30.1 Å². The molecule has 35 heavy (non-hydrogen) atoms. The number of amides is 1. The number of hydrogen-bond acceptors (Lipinski definition) is 4. The van der Waals surface area contributed by atoms with Crippen LogP contribution in [-0.2, 0) is 27.2 Å². The average molecular weight is 528 g/mol. The second-order valence-electron chi connectivity index (χ2n) is 7.78. The highest BCUT2D eigenvalue weighted by Crippen LogP contribution is 2.38. The minimum Gasteiger partial charge on any atom is -0.495 e. The van der Waals surface area contributed by atoms with Crippen LogP contribution in [0.2, 0.25) is 0 Å². The van der Waals surface area contributed by atoms with Gasteiger partial charge in [-0.1, -0.05) is 0 Å². The highest BCUT2D eigenvalue weighted by Gasteiger charge is 2.38. The molecular formula is C21H19F7N2O4S. The van der Waals surface area contributed by atoms with Crippen molar-refractivity contribution in [1.29, 1.82) is 0 Å². The van der Waals surface area contributed by atoms with Gasteiger partial charge < -0.3 is 10.1 Å². The van der Waals surface area contributed by atoms with Gasteiger partial charge in [0.25, 0.3) is 0 Å².